The maximum Gasteiger partial charge on any atom is 0.304 e. The van der Waals surface area contributed by atoms with Crippen molar-refractivity contribution in [3.8, 4) is 0 Å². The fourth-order valence-electron chi connectivity index (χ4n) is 2.11. The highest BCUT2D eigenvalue weighted by molar-refractivity contribution is 8.00. The fraction of sp³-hybridized carbons (Fsp3) is 0.462. The summed E-state index contributed by atoms with van der Waals surface area (Å²) in [5.41, 5.74) is 0. The van der Waals surface area contributed by atoms with Crippen LogP contribution in [0.3, 0.4) is 0 Å². The molecule has 0 aromatic carbocycles. The van der Waals surface area contributed by atoms with Crippen molar-refractivity contribution < 1.29 is 19.5 Å². The van der Waals surface area contributed by atoms with Crippen molar-refractivity contribution in [3.63, 3.8) is 0 Å². The summed E-state index contributed by atoms with van der Waals surface area (Å²) in [4.78, 5) is 34.3. The first-order valence-electron chi connectivity index (χ1n) is 6.35. The van der Waals surface area contributed by atoms with Gasteiger partial charge < -0.3 is 5.11 Å². The zero-order chi connectivity index (χ0) is 14.7. The number of hydrazine groups is 1. The molecule has 2 amide bonds. The Bertz CT molecular complexity index is 473. The normalized spacial score (nSPS) is 23.6. The van der Waals surface area contributed by atoms with Crippen molar-refractivity contribution in [3.05, 3.63) is 24.4 Å². The molecule has 2 atom stereocenters. The van der Waals surface area contributed by atoms with E-state index in [-0.39, 0.29) is 41.7 Å². The Labute approximate surface area is 121 Å². The topological polar surface area (TPSA) is 77.9 Å². The summed E-state index contributed by atoms with van der Waals surface area (Å²) in [7, 11) is 0. The maximum atomic E-state index is 11.8. The summed E-state index contributed by atoms with van der Waals surface area (Å²) in [5, 5.41) is 11.2. The number of hydrogen-bond donors (Lipinski definition) is 1. The number of amides is 2. The van der Waals surface area contributed by atoms with Crippen LogP contribution in [0.4, 0.5) is 0 Å². The van der Waals surface area contributed by atoms with Gasteiger partial charge in [0.2, 0.25) is 11.8 Å². The number of nitrogens with zero attached hydrogens (tertiary/aromatic N) is 2. The molecule has 0 aromatic heterocycles. The minimum absolute atomic E-state index is 0.0362. The second kappa shape index (κ2) is 6.13. The monoisotopic (exact) mass is 296 g/mol. The number of thioether (sulfide) groups is 1. The number of rotatable bonds is 5. The predicted octanol–water partition coefficient (Wildman–Crippen LogP) is 1.36. The van der Waals surface area contributed by atoms with Gasteiger partial charge in [-0.1, -0.05) is 19.1 Å². The zero-order valence-corrected chi connectivity index (χ0v) is 11.9. The van der Waals surface area contributed by atoms with Crippen LogP contribution < -0.4 is 0 Å². The molecule has 0 radical (unpaired) electrons. The number of carbonyl (C=O) groups excluding carboxylic acids is 2. The molecule has 0 spiro atoms. The number of carbonyl (C=O) groups is 3. The molecule has 0 saturated carbocycles. The highest BCUT2D eigenvalue weighted by Crippen LogP contribution is 2.30. The van der Waals surface area contributed by atoms with Crippen molar-refractivity contribution in [2.45, 2.75) is 36.8 Å². The number of aliphatic carboxylic acids is 1. The molecule has 2 unspecified atom stereocenters. The van der Waals surface area contributed by atoms with E-state index in [4.69, 9.17) is 5.11 Å². The smallest absolute Gasteiger partial charge is 0.304 e. The van der Waals surface area contributed by atoms with E-state index in [9.17, 15) is 14.4 Å². The van der Waals surface area contributed by atoms with E-state index in [1.165, 1.54) is 11.8 Å². The molecule has 2 heterocycles. The van der Waals surface area contributed by atoms with Gasteiger partial charge in [-0.3, -0.25) is 19.4 Å². The Kier molecular flexibility index (Phi) is 4.49. The fourth-order valence-corrected chi connectivity index (χ4v) is 3.30. The number of carboxylic acid groups (broad SMARTS) is 1. The van der Waals surface area contributed by atoms with Gasteiger partial charge in [-0.15, -0.1) is 11.8 Å². The van der Waals surface area contributed by atoms with Crippen LogP contribution in [0.15, 0.2) is 24.4 Å². The van der Waals surface area contributed by atoms with E-state index < -0.39 is 5.97 Å². The molecule has 2 rings (SSSR count). The van der Waals surface area contributed by atoms with E-state index in [1.54, 1.807) is 17.3 Å². The van der Waals surface area contributed by atoms with Crippen LogP contribution in [0.1, 0.15) is 26.2 Å². The third-order valence-corrected chi connectivity index (χ3v) is 4.26. The van der Waals surface area contributed by atoms with Gasteiger partial charge in [0.1, 0.15) is 5.37 Å². The Morgan fingerprint density at radius 3 is 2.65 bits per heavy atom. The molecular formula is C13H16N2O4S. The average Bonchev–Trinajstić information content (AvgIpc) is 2.69. The first kappa shape index (κ1) is 14.6. The first-order valence-corrected chi connectivity index (χ1v) is 7.29. The van der Waals surface area contributed by atoms with Crippen molar-refractivity contribution in [1.82, 2.24) is 10.0 Å². The zero-order valence-electron chi connectivity index (χ0n) is 11.1. The highest BCUT2D eigenvalue weighted by Gasteiger charge is 2.36. The molecule has 2 aliphatic heterocycles. The second-order valence-corrected chi connectivity index (χ2v) is 6.20. The Hall–Kier alpha value is -1.76. The summed E-state index contributed by atoms with van der Waals surface area (Å²) < 4.78 is 0. The van der Waals surface area contributed by atoms with Gasteiger partial charge in [0.05, 0.1) is 6.42 Å². The Balaban J connectivity index is 2.08. The van der Waals surface area contributed by atoms with Gasteiger partial charge in [-0.2, -0.15) is 5.01 Å². The summed E-state index contributed by atoms with van der Waals surface area (Å²) in [6, 6.07) is 0. The molecule has 20 heavy (non-hydrogen) atoms. The Morgan fingerprint density at radius 1 is 1.40 bits per heavy atom. The second-order valence-electron chi connectivity index (χ2n) is 4.64. The van der Waals surface area contributed by atoms with Crippen LogP contribution >= 0.6 is 11.8 Å². The van der Waals surface area contributed by atoms with Crippen molar-refractivity contribution in [2.75, 3.05) is 0 Å². The molecule has 1 fully saturated rings. The number of hydrogen-bond acceptors (Lipinski definition) is 5. The predicted molar refractivity (Wildman–Crippen MR) is 74.3 cm³/mol. The lowest BCUT2D eigenvalue weighted by Gasteiger charge is -2.36. The minimum atomic E-state index is -0.861. The lowest BCUT2D eigenvalue weighted by atomic mass is 10.3. The maximum absolute atomic E-state index is 11.8. The molecule has 7 heteroatoms. The molecule has 0 aromatic rings. The van der Waals surface area contributed by atoms with Gasteiger partial charge >= 0.3 is 5.97 Å². The largest absolute Gasteiger partial charge is 0.481 e. The third-order valence-electron chi connectivity index (χ3n) is 2.98. The molecule has 2 aliphatic rings. The lowest BCUT2D eigenvalue weighted by molar-refractivity contribution is -0.153. The molecule has 1 saturated heterocycles. The molecule has 6 nitrogen and oxygen atoms in total. The average molecular weight is 296 g/mol. The molecule has 108 valence electrons. The van der Waals surface area contributed by atoms with Gasteiger partial charge in [0, 0.05) is 24.3 Å². The van der Waals surface area contributed by atoms with E-state index in [1.807, 2.05) is 19.1 Å². The third kappa shape index (κ3) is 3.22. The SMILES string of the molecule is CC(CC(=O)O)SC1C=CC=CN1N1C(=O)CCC1=O. The quantitative estimate of drug-likeness (QED) is 0.772. The van der Waals surface area contributed by atoms with Crippen LogP contribution in [-0.2, 0) is 14.4 Å². The summed E-state index contributed by atoms with van der Waals surface area (Å²) in [6.07, 6.45) is 7.59. The molecule has 0 aliphatic carbocycles. The molecule has 1 N–H and O–H groups in total. The van der Waals surface area contributed by atoms with Crippen LogP contribution in [0.25, 0.3) is 0 Å². The molecule has 0 bridgehead atoms. The number of imide groups is 1. The standard InChI is InChI=1S/C13H16N2O4S/c1-9(8-13(18)19)20-12-4-2-3-7-14(12)15-10(16)5-6-11(15)17/h2-4,7,9,12H,5-6,8H2,1H3,(H,18,19). The van der Waals surface area contributed by atoms with E-state index in [0.717, 1.165) is 5.01 Å². The van der Waals surface area contributed by atoms with Crippen LogP contribution in [-0.4, -0.2) is 43.5 Å². The number of allylic oxidation sites excluding steroid dienone is 2. The summed E-state index contributed by atoms with van der Waals surface area (Å²) in [6.45, 7) is 1.82. The summed E-state index contributed by atoms with van der Waals surface area (Å²) in [5.74, 6) is -1.29. The van der Waals surface area contributed by atoms with Gasteiger partial charge in [0.15, 0.2) is 0 Å². The minimum Gasteiger partial charge on any atom is -0.481 e. The first-order chi connectivity index (χ1) is 9.49. The van der Waals surface area contributed by atoms with Gasteiger partial charge in [-0.25, -0.2) is 0 Å². The van der Waals surface area contributed by atoms with Crippen molar-refractivity contribution in [2.24, 2.45) is 0 Å². The van der Waals surface area contributed by atoms with Crippen LogP contribution in [0.5, 0.6) is 0 Å². The van der Waals surface area contributed by atoms with Crippen molar-refractivity contribution >= 4 is 29.5 Å². The van der Waals surface area contributed by atoms with E-state index in [2.05, 4.69) is 0 Å². The Morgan fingerprint density at radius 2 is 2.05 bits per heavy atom. The van der Waals surface area contributed by atoms with E-state index >= 15 is 0 Å². The molecular weight excluding hydrogens is 280 g/mol. The lowest BCUT2D eigenvalue weighted by Crippen LogP contribution is -2.47. The van der Waals surface area contributed by atoms with E-state index in [0.29, 0.717) is 0 Å². The van der Waals surface area contributed by atoms with Gasteiger partial charge in [-0.05, 0) is 6.08 Å². The summed E-state index contributed by atoms with van der Waals surface area (Å²) >= 11 is 1.41. The van der Waals surface area contributed by atoms with Gasteiger partial charge in [0.25, 0.3) is 0 Å². The number of carboxylic acids is 1. The van der Waals surface area contributed by atoms with Crippen molar-refractivity contribution in [1.29, 1.82) is 0 Å². The van der Waals surface area contributed by atoms with Crippen LogP contribution in [0.2, 0.25) is 0 Å². The van der Waals surface area contributed by atoms with Crippen LogP contribution in [0, 0.1) is 0 Å². The highest BCUT2D eigenvalue weighted by atomic mass is 32.2.